The first-order chi connectivity index (χ1) is 8.69. The highest BCUT2D eigenvalue weighted by Crippen LogP contribution is 2.23. The Morgan fingerprint density at radius 1 is 1.56 bits per heavy atom. The van der Waals surface area contributed by atoms with Crippen LogP contribution in [0.25, 0.3) is 10.6 Å². The number of aryl methyl sites for hydroxylation is 2. The molecule has 0 aromatic carbocycles. The van der Waals surface area contributed by atoms with E-state index in [9.17, 15) is 4.79 Å². The zero-order chi connectivity index (χ0) is 13.0. The number of carboxylic acids is 1. The summed E-state index contributed by atoms with van der Waals surface area (Å²) < 4.78 is 1.90. The van der Waals surface area contributed by atoms with Gasteiger partial charge < -0.3 is 5.11 Å². The van der Waals surface area contributed by atoms with Crippen molar-refractivity contribution in [1.82, 2.24) is 14.8 Å². The lowest BCUT2D eigenvalue weighted by molar-refractivity contribution is -0.136. The Labute approximate surface area is 109 Å². The lowest BCUT2D eigenvalue weighted by Gasteiger charge is -1.94. The smallest absolute Gasteiger partial charge is 0.303 e. The minimum Gasteiger partial charge on any atom is -0.481 e. The van der Waals surface area contributed by atoms with Gasteiger partial charge in [-0.3, -0.25) is 9.48 Å². The molecule has 0 fully saturated rings. The van der Waals surface area contributed by atoms with Gasteiger partial charge in [0, 0.05) is 30.1 Å². The third kappa shape index (κ3) is 3.16. The number of hydrogen-bond donors (Lipinski definition) is 1. The van der Waals surface area contributed by atoms with Gasteiger partial charge in [-0.2, -0.15) is 5.10 Å². The molecule has 6 heteroatoms. The van der Waals surface area contributed by atoms with Crippen molar-refractivity contribution < 1.29 is 9.90 Å². The van der Waals surface area contributed by atoms with E-state index in [1.165, 1.54) is 11.3 Å². The van der Waals surface area contributed by atoms with E-state index in [0.29, 0.717) is 6.42 Å². The zero-order valence-electron chi connectivity index (χ0n) is 10.2. The molecular weight excluding hydrogens is 250 g/mol. The van der Waals surface area contributed by atoms with Crippen molar-refractivity contribution in [3.8, 4) is 10.6 Å². The van der Waals surface area contributed by atoms with Crippen molar-refractivity contribution in [3.63, 3.8) is 0 Å². The first kappa shape index (κ1) is 12.8. The summed E-state index contributed by atoms with van der Waals surface area (Å²) in [6.07, 6.45) is 5.43. The van der Waals surface area contributed by atoms with Crippen molar-refractivity contribution in [3.05, 3.63) is 23.5 Å². The van der Waals surface area contributed by atoms with Crippen LogP contribution in [0.1, 0.15) is 25.5 Å². The SMILES string of the molecule is CCCn1cc(-c2nc(CCC(=O)O)cs2)cn1. The summed E-state index contributed by atoms with van der Waals surface area (Å²) in [5.41, 5.74) is 1.83. The van der Waals surface area contributed by atoms with Crippen LogP contribution in [0.3, 0.4) is 0 Å². The van der Waals surface area contributed by atoms with Crippen LogP contribution in [0.5, 0.6) is 0 Å². The fourth-order valence-corrected chi connectivity index (χ4v) is 2.44. The standard InChI is InChI=1S/C12H15N3O2S/c1-2-5-15-7-9(6-13-15)12-14-10(8-18-12)3-4-11(16)17/h6-8H,2-5H2,1H3,(H,16,17). The summed E-state index contributed by atoms with van der Waals surface area (Å²) in [5, 5.41) is 15.7. The van der Waals surface area contributed by atoms with E-state index in [-0.39, 0.29) is 6.42 Å². The number of hydrogen-bond acceptors (Lipinski definition) is 4. The van der Waals surface area contributed by atoms with Crippen LogP contribution in [0.4, 0.5) is 0 Å². The Hall–Kier alpha value is -1.69. The van der Waals surface area contributed by atoms with Gasteiger partial charge >= 0.3 is 5.97 Å². The summed E-state index contributed by atoms with van der Waals surface area (Å²) in [6, 6.07) is 0. The maximum atomic E-state index is 10.5. The summed E-state index contributed by atoms with van der Waals surface area (Å²) in [6.45, 7) is 3.01. The van der Waals surface area contributed by atoms with Crippen LogP contribution < -0.4 is 0 Å². The van der Waals surface area contributed by atoms with Crippen LogP contribution in [-0.2, 0) is 17.8 Å². The Morgan fingerprint density at radius 3 is 3.11 bits per heavy atom. The van der Waals surface area contributed by atoms with Crippen molar-refractivity contribution in [2.24, 2.45) is 0 Å². The fraction of sp³-hybridized carbons (Fsp3) is 0.417. The Bertz CT molecular complexity index is 533. The molecule has 0 atom stereocenters. The Kier molecular flexibility index (Phi) is 4.09. The van der Waals surface area contributed by atoms with E-state index >= 15 is 0 Å². The number of carboxylic acid groups (broad SMARTS) is 1. The lowest BCUT2D eigenvalue weighted by Crippen LogP contribution is -1.97. The molecule has 96 valence electrons. The molecule has 0 aliphatic rings. The van der Waals surface area contributed by atoms with Crippen molar-refractivity contribution in [2.75, 3.05) is 0 Å². The summed E-state index contributed by atoms with van der Waals surface area (Å²) in [5.74, 6) is -0.791. The molecule has 1 N–H and O–H groups in total. The minimum absolute atomic E-state index is 0.123. The molecule has 5 nitrogen and oxygen atoms in total. The van der Waals surface area contributed by atoms with Gasteiger partial charge in [0.05, 0.1) is 18.3 Å². The van der Waals surface area contributed by atoms with E-state index in [4.69, 9.17) is 5.11 Å². The van der Waals surface area contributed by atoms with Crippen LogP contribution in [0.2, 0.25) is 0 Å². The normalized spacial score (nSPS) is 10.7. The topological polar surface area (TPSA) is 68.0 Å². The average Bonchev–Trinajstić information content (AvgIpc) is 2.94. The molecule has 0 amide bonds. The highest BCUT2D eigenvalue weighted by molar-refractivity contribution is 7.13. The highest BCUT2D eigenvalue weighted by Gasteiger charge is 2.08. The Morgan fingerprint density at radius 2 is 2.39 bits per heavy atom. The maximum Gasteiger partial charge on any atom is 0.303 e. The number of nitrogens with zero attached hydrogens (tertiary/aromatic N) is 3. The second kappa shape index (κ2) is 5.77. The first-order valence-corrected chi connectivity index (χ1v) is 6.76. The predicted octanol–water partition coefficient (Wildman–Crippen LogP) is 2.43. The minimum atomic E-state index is -0.791. The molecule has 2 rings (SSSR count). The summed E-state index contributed by atoms with van der Waals surface area (Å²) >= 11 is 1.53. The molecular formula is C12H15N3O2S. The van der Waals surface area contributed by atoms with Gasteiger partial charge in [0.25, 0.3) is 0 Å². The van der Waals surface area contributed by atoms with Gasteiger partial charge in [-0.25, -0.2) is 4.98 Å². The molecule has 0 saturated heterocycles. The van der Waals surface area contributed by atoms with Gasteiger partial charge in [0.2, 0.25) is 0 Å². The van der Waals surface area contributed by atoms with Gasteiger partial charge in [-0.05, 0) is 6.42 Å². The number of rotatable bonds is 6. The lowest BCUT2D eigenvalue weighted by atomic mass is 10.2. The van der Waals surface area contributed by atoms with Gasteiger partial charge in [0.15, 0.2) is 0 Å². The van der Waals surface area contributed by atoms with Gasteiger partial charge in [-0.15, -0.1) is 11.3 Å². The van der Waals surface area contributed by atoms with E-state index in [1.54, 1.807) is 6.20 Å². The largest absolute Gasteiger partial charge is 0.481 e. The predicted molar refractivity (Wildman–Crippen MR) is 69.6 cm³/mol. The molecule has 2 aromatic heterocycles. The number of thiazole rings is 1. The van der Waals surface area contributed by atoms with Crippen molar-refractivity contribution in [1.29, 1.82) is 0 Å². The average molecular weight is 265 g/mol. The quantitative estimate of drug-likeness (QED) is 0.871. The monoisotopic (exact) mass is 265 g/mol. The molecule has 0 bridgehead atoms. The van der Waals surface area contributed by atoms with Crippen LogP contribution in [0.15, 0.2) is 17.8 Å². The second-order valence-corrected chi connectivity index (χ2v) is 4.89. The Balaban J connectivity index is 2.06. The molecule has 0 aliphatic carbocycles. The third-order valence-corrected chi connectivity index (χ3v) is 3.42. The van der Waals surface area contributed by atoms with Crippen molar-refractivity contribution >= 4 is 17.3 Å². The second-order valence-electron chi connectivity index (χ2n) is 4.03. The van der Waals surface area contributed by atoms with Crippen LogP contribution in [0, 0.1) is 0 Å². The van der Waals surface area contributed by atoms with E-state index in [1.807, 2.05) is 16.3 Å². The number of carbonyl (C=O) groups is 1. The van der Waals surface area contributed by atoms with Gasteiger partial charge in [-0.1, -0.05) is 6.92 Å². The molecule has 0 aliphatic heterocycles. The number of aliphatic carboxylic acids is 1. The van der Waals surface area contributed by atoms with Crippen LogP contribution in [-0.4, -0.2) is 25.8 Å². The van der Waals surface area contributed by atoms with Crippen molar-refractivity contribution in [2.45, 2.75) is 32.7 Å². The van der Waals surface area contributed by atoms with E-state index in [0.717, 1.165) is 29.2 Å². The number of aromatic nitrogens is 3. The molecule has 2 heterocycles. The van der Waals surface area contributed by atoms with E-state index in [2.05, 4.69) is 17.0 Å². The van der Waals surface area contributed by atoms with E-state index < -0.39 is 5.97 Å². The molecule has 2 aromatic rings. The van der Waals surface area contributed by atoms with Crippen LogP contribution >= 0.6 is 11.3 Å². The summed E-state index contributed by atoms with van der Waals surface area (Å²) in [7, 11) is 0. The molecule has 0 saturated carbocycles. The molecule has 0 radical (unpaired) electrons. The first-order valence-electron chi connectivity index (χ1n) is 5.88. The fourth-order valence-electron chi connectivity index (χ4n) is 1.61. The highest BCUT2D eigenvalue weighted by atomic mass is 32.1. The zero-order valence-corrected chi connectivity index (χ0v) is 11.0. The summed E-state index contributed by atoms with van der Waals surface area (Å²) in [4.78, 5) is 14.9. The third-order valence-electron chi connectivity index (χ3n) is 2.48. The molecule has 0 unspecified atom stereocenters. The molecule has 0 spiro atoms. The maximum absolute atomic E-state index is 10.5. The van der Waals surface area contributed by atoms with Gasteiger partial charge in [0.1, 0.15) is 5.01 Å². The molecule has 18 heavy (non-hydrogen) atoms.